The third-order valence-corrected chi connectivity index (χ3v) is 6.25. The van der Waals surface area contributed by atoms with Crippen molar-refractivity contribution >= 4 is 34.0 Å². The Morgan fingerprint density at radius 3 is 2.89 bits per heavy atom. The number of amides is 2. The summed E-state index contributed by atoms with van der Waals surface area (Å²) < 4.78 is 5.98. The average Bonchev–Trinajstić information content (AvgIpc) is 3.14. The number of aromatic nitrogens is 1. The third kappa shape index (κ3) is 3.42. The fraction of sp³-hybridized carbons (Fsp3) is 0.381. The van der Waals surface area contributed by atoms with Crippen molar-refractivity contribution in [1.82, 2.24) is 4.98 Å². The summed E-state index contributed by atoms with van der Waals surface area (Å²) in [5.41, 5.74) is 1.80. The quantitative estimate of drug-likeness (QED) is 0.742. The van der Waals surface area contributed by atoms with Crippen LogP contribution < -0.4 is 14.5 Å². The van der Waals surface area contributed by atoms with Crippen molar-refractivity contribution in [2.24, 2.45) is 0 Å². The van der Waals surface area contributed by atoms with Crippen molar-refractivity contribution in [1.29, 1.82) is 0 Å². The van der Waals surface area contributed by atoms with Crippen molar-refractivity contribution in [3.05, 3.63) is 47.5 Å². The van der Waals surface area contributed by atoms with Crippen molar-refractivity contribution in [3.8, 4) is 5.75 Å². The van der Waals surface area contributed by atoms with Crippen molar-refractivity contribution < 1.29 is 14.3 Å². The predicted molar refractivity (Wildman–Crippen MR) is 110 cm³/mol. The molecule has 2 aliphatic rings. The molecule has 0 unspecified atom stereocenters. The maximum atomic E-state index is 13.4. The monoisotopic (exact) mass is 397 g/mol. The van der Waals surface area contributed by atoms with E-state index in [-0.39, 0.29) is 18.4 Å². The number of thiazole rings is 1. The Morgan fingerprint density at radius 2 is 2.14 bits per heavy atom. The molecule has 1 aromatic carbocycles. The molecule has 6 nitrogen and oxygen atoms in total. The SMILES string of the molecule is C=CCN(C(=O)[C@@H]1CN(C(C)=O)c2ccccc2O1)c1nc2c(s1)CCCC2. The minimum atomic E-state index is -0.778. The van der Waals surface area contributed by atoms with Crippen molar-refractivity contribution in [2.75, 3.05) is 22.9 Å². The van der Waals surface area contributed by atoms with Gasteiger partial charge in [-0.1, -0.05) is 18.2 Å². The summed E-state index contributed by atoms with van der Waals surface area (Å²) in [5, 5.41) is 0.689. The molecule has 0 bridgehead atoms. The Labute approximate surface area is 168 Å². The first-order chi connectivity index (χ1) is 13.6. The van der Waals surface area contributed by atoms with Gasteiger partial charge in [0.2, 0.25) is 5.91 Å². The highest BCUT2D eigenvalue weighted by atomic mass is 32.1. The summed E-state index contributed by atoms with van der Waals surface area (Å²) in [6, 6.07) is 7.29. The number of benzene rings is 1. The van der Waals surface area contributed by atoms with Gasteiger partial charge in [0.05, 0.1) is 17.9 Å². The summed E-state index contributed by atoms with van der Waals surface area (Å²) in [4.78, 5) is 34.7. The summed E-state index contributed by atoms with van der Waals surface area (Å²) in [6.07, 6.45) is 5.21. The molecule has 2 amide bonds. The molecule has 1 aliphatic heterocycles. The minimum Gasteiger partial charge on any atom is -0.476 e. The second kappa shape index (κ2) is 7.75. The lowest BCUT2D eigenvalue weighted by Crippen LogP contribution is -2.51. The zero-order chi connectivity index (χ0) is 19.7. The molecule has 146 valence electrons. The van der Waals surface area contributed by atoms with Gasteiger partial charge in [0.15, 0.2) is 11.2 Å². The molecular formula is C21H23N3O3S. The predicted octanol–water partition coefficient (Wildman–Crippen LogP) is 3.36. The van der Waals surface area contributed by atoms with E-state index < -0.39 is 6.10 Å². The first-order valence-electron chi connectivity index (χ1n) is 9.53. The lowest BCUT2D eigenvalue weighted by atomic mass is 10.0. The highest BCUT2D eigenvalue weighted by Gasteiger charge is 2.36. The van der Waals surface area contributed by atoms with Crippen LogP contribution in [0.2, 0.25) is 0 Å². The Bertz CT molecular complexity index is 900. The van der Waals surface area contributed by atoms with E-state index >= 15 is 0 Å². The number of carbonyl (C=O) groups excluding carboxylic acids is 2. The Kier molecular flexibility index (Phi) is 5.17. The molecule has 2 aromatic rings. The van der Waals surface area contributed by atoms with Gasteiger partial charge in [-0.05, 0) is 37.8 Å². The van der Waals surface area contributed by atoms with Gasteiger partial charge < -0.3 is 9.64 Å². The molecule has 4 rings (SSSR count). The maximum absolute atomic E-state index is 13.4. The van der Waals surface area contributed by atoms with Crippen molar-refractivity contribution in [3.63, 3.8) is 0 Å². The van der Waals surface area contributed by atoms with Crippen LogP contribution in [-0.2, 0) is 22.4 Å². The molecule has 0 N–H and O–H groups in total. The molecule has 0 radical (unpaired) electrons. The van der Waals surface area contributed by atoms with Gasteiger partial charge in [-0.25, -0.2) is 4.98 Å². The van der Waals surface area contributed by atoms with Gasteiger partial charge in [-0.3, -0.25) is 14.5 Å². The van der Waals surface area contributed by atoms with Gasteiger partial charge >= 0.3 is 0 Å². The average molecular weight is 398 g/mol. The van der Waals surface area contributed by atoms with Crippen LogP contribution in [0, 0.1) is 0 Å². The van der Waals surface area contributed by atoms with E-state index in [4.69, 9.17) is 9.72 Å². The zero-order valence-electron chi connectivity index (χ0n) is 15.9. The molecule has 0 saturated heterocycles. The number of hydrogen-bond acceptors (Lipinski definition) is 5. The minimum absolute atomic E-state index is 0.117. The van der Waals surface area contributed by atoms with E-state index in [1.807, 2.05) is 18.2 Å². The highest BCUT2D eigenvalue weighted by molar-refractivity contribution is 7.16. The number of rotatable bonds is 4. The number of aryl methyl sites for hydroxylation is 2. The fourth-order valence-electron chi connectivity index (χ4n) is 3.68. The van der Waals surface area contributed by atoms with Gasteiger partial charge in [0.25, 0.3) is 5.91 Å². The number of anilines is 2. The highest BCUT2D eigenvalue weighted by Crippen LogP contribution is 2.35. The molecule has 1 aromatic heterocycles. The summed E-state index contributed by atoms with van der Waals surface area (Å²) in [5.74, 6) is 0.222. The Balaban J connectivity index is 1.63. The number of nitrogens with zero attached hydrogens (tertiary/aromatic N) is 3. The Morgan fingerprint density at radius 1 is 1.36 bits per heavy atom. The van der Waals surface area contributed by atoms with Crippen LogP contribution >= 0.6 is 11.3 Å². The topological polar surface area (TPSA) is 62.7 Å². The number of ether oxygens (including phenoxy) is 1. The largest absolute Gasteiger partial charge is 0.476 e. The lowest BCUT2D eigenvalue weighted by Gasteiger charge is -2.35. The number of fused-ring (bicyclic) bond motifs is 2. The maximum Gasteiger partial charge on any atom is 0.272 e. The van der Waals surface area contributed by atoms with Gasteiger partial charge in [0, 0.05) is 18.3 Å². The molecule has 28 heavy (non-hydrogen) atoms. The van der Waals surface area contributed by atoms with Crippen molar-refractivity contribution in [2.45, 2.75) is 38.7 Å². The second-order valence-corrected chi connectivity index (χ2v) is 8.08. The van der Waals surface area contributed by atoms with Gasteiger partial charge in [-0.2, -0.15) is 0 Å². The number of carbonyl (C=O) groups is 2. The lowest BCUT2D eigenvalue weighted by molar-refractivity contribution is -0.125. The van der Waals surface area contributed by atoms with E-state index in [1.165, 1.54) is 18.2 Å². The molecular weight excluding hydrogens is 374 g/mol. The number of hydrogen-bond donors (Lipinski definition) is 0. The Hall–Kier alpha value is -2.67. The van der Waals surface area contributed by atoms with Gasteiger partial charge in [-0.15, -0.1) is 17.9 Å². The number of para-hydroxylation sites is 2. The van der Waals surface area contributed by atoms with E-state index in [0.717, 1.165) is 25.0 Å². The fourth-order valence-corrected chi connectivity index (χ4v) is 4.84. The van der Waals surface area contributed by atoms with Crippen LogP contribution in [0.1, 0.15) is 30.3 Å². The second-order valence-electron chi connectivity index (χ2n) is 7.01. The summed E-state index contributed by atoms with van der Waals surface area (Å²) in [7, 11) is 0. The first kappa shape index (κ1) is 18.7. The summed E-state index contributed by atoms with van der Waals surface area (Å²) >= 11 is 1.58. The van der Waals surface area contributed by atoms with Crippen LogP contribution in [0.5, 0.6) is 5.75 Å². The van der Waals surface area contributed by atoms with E-state index in [1.54, 1.807) is 33.3 Å². The van der Waals surface area contributed by atoms with E-state index in [9.17, 15) is 9.59 Å². The third-order valence-electron chi connectivity index (χ3n) is 5.07. The molecule has 7 heteroatoms. The first-order valence-corrected chi connectivity index (χ1v) is 10.3. The van der Waals surface area contributed by atoms with Gasteiger partial charge in [0.1, 0.15) is 5.75 Å². The van der Waals surface area contributed by atoms with Crippen LogP contribution in [0.3, 0.4) is 0 Å². The van der Waals surface area contributed by atoms with Crippen LogP contribution in [0.4, 0.5) is 10.8 Å². The molecule has 2 heterocycles. The molecule has 0 fully saturated rings. The summed E-state index contributed by atoms with van der Waals surface area (Å²) in [6.45, 7) is 5.83. The molecule has 0 spiro atoms. The van der Waals surface area contributed by atoms with E-state index in [0.29, 0.717) is 23.1 Å². The zero-order valence-corrected chi connectivity index (χ0v) is 16.7. The smallest absolute Gasteiger partial charge is 0.272 e. The molecule has 0 saturated carbocycles. The molecule has 1 aliphatic carbocycles. The standard InChI is InChI=1S/C21H23N3O3S/c1-3-12-23(21-22-15-8-4-7-11-19(15)28-21)20(26)18-13-24(14(2)25)16-9-5-6-10-17(16)27-18/h3,5-6,9-10,18H,1,4,7-8,11-13H2,2H3/t18-/m0/s1. The van der Waals surface area contributed by atoms with Crippen LogP contribution in [0.25, 0.3) is 0 Å². The molecule has 1 atom stereocenters. The van der Waals surface area contributed by atoms with E-state index in [2.05, 4.69) is 6.58 Å². The van der Waals surface area contributed by atoms with Crippen LogP contribution in [0.15, 0.2) is 36.9 Å². The normalized spacial score (nSPS) is 17.9. The van der Waals surface area contributed by atoms with Crippen LogP contribution in [-0.4, -0.2) is 36.0 Å².